The van der Waals surface area contributed by atoms with Gasteiger partial charge in [-0.05, 0) is 67.7 Å². The molecular formula is C23H22N4O2S. The van der Waals surface area contributed by atoms with Crippen LogP contribution < -0.4 is 10.2 Å². The molecule has 3 aromatic rings. The molecule has 1 saturated heterocycles. The van der Waals surface area contributed by atoms with Crippen LogP contribution in [0.4, 0.5) is 11.4 Å². The summed E-state index contributed by atoms with van der Waals surface area (Å²) < 4.78 is 0. The number of H-pyrrole nitrogens is 1. The van der Waals surface area contributed by atoms with E-state index >= 15 is 0 Å². The lowest BCUT2D eigenvalue weighted by molar-refractivity contribution is -0.124. The summed E-state index contributed by atoms with van der Waals surface area (Å²) in [6.07, 6.45) is 3.93. The first-order valence-corrected chi connectivity index (χ1v) is 10.5. The lowest BCUT2D eigenvalue weighted by Gasteiger charge is -2.23. The van der Waals surface area contributed by atoms with Gasteiger partial charge in [0.05, 0.1) is 12.1 Å². The number of aromatic amines is 1. The number of nitrogens with zero attached hydrogens (tertiary/aromatic N) is 2. The van der Waals surface area contributed by atoms with Gasteiger partial charge in [0, 0.05) is 23.4 Å². The van der Waals surface area contributed by atoms with Crippen molar-refractivity contribution in [2.45, 2.75) is 38.3 Å². The Hall–Kier alpha value is -3.19. The zero-order valence-electron chi connectivity index (χ0n) is 16.6. The van der Waals surface area contributed by atoms with Crippen LogP contribution in [0.2, 0.25) is 0 Å². The summed E-state index contributed by atoms with van der Waals surface area (Å²) in [5.74, 6) is -0.329. The van der Waals surface area contributed by atoms with E-state index in [4.69, 9.17) is 12.2 Å². The third-order valence-corrected chi connectivity index (χ3v) is 6.10. The van der Waals surface area contributed by atoms with Crippen molar-refractivity contribution >= 4 is 51.4 Å². The van der Waals surface area contributed by atoms with Crippen molar-refractivity contribution < 1.29 is 9.59 Å². The smallest absolute Gasteiger partial charge is 0.256 e. The standard InChI is InChI=1S/C23H22N4O2S/c1-14-2-6-18(7-3-14)27-22(29)20(26(23(27)30)17-8-9-17)13-21(28)25-16-5-4-15-10-11-24-19(15)12-16/h2-7,10-12,17,20,24H,8-9,13H2,1H3,(H,25,28). The van der Waals surface area contributed by atoms with Crippen molar-refractivity contribution in [2.24, 2.45) is 0 Å². The SMILES string of the molecule is Cc1ccc(N2C(=O)C(CC(=O)Nc3ccc4cc[nH]c4c3)N(C3CC3)C2=S)cc1. The Kier molecular flexibility index (Phi) is 4.55. The summed E-state index contributed by atoms with van der Waals surface area (Å²) in [6.45, 7) is 2.00. The van der Waals surface area contributed by atoms with Gasteiger partial charge in [-0.1, -0.05) is 23.8 Å². The summed E-state index contributed by atoms with van der Waals surface area (Å²) in [6, 6.07) is 15.1. The molecule has 2 fully saturated rings. The quantitative estimate of drug-likeness (QED) is 0.615. The second kappa shape index (κ2) is 7.25. The molecule has 1 atom stereocenters. The number of amides is 2. The molecule has 30 heavy (non-hydrogen) atoms. The number of aromatic nitrogens is 1. The van der Waals surface area contributed by atoms with E-state index in [-0.39, 0.29) is 24.3 Å². The van der Waals surface area contributed by atoms with Gasteiger partial charge in [-0.15, -0.1) is 0 Å². The highest BCUT2D eigenvalue weighted by Gasteiger charge is 2.49. The molecular weight excluding hydrogens is 396 g/mol. The molecule has 1 aliphatic heterocycles. The predicted octanol–water partition coefficient (Wildman–Crippen LogP) is 3.97. The van der Waals surface area contributed by atoms with E-state index in [2.05, 4.69) is 10.3 Å². The van der Waals surface area contributed by atoms with Crippen LogP contribution in [0.1, 0.15) is 24.8 Å². The fourth-order valence-corrected chi connectivity index (χ4v) is 4.48. The fourth-order valence-electron chi connectivity index (χ4n) is 4.00. The number of aryl methyl sites for hydroxylation is 1. The predicted molar refractivity (Wildman–Crippen MR) is 121 cm³/mol. The number of carbonyl (C=O) groups excluding carboxylic acids is 2. The van der Waals surface area contributed by atoms with Gasteiger partial charge in [0.25, 0.3) is 5.91 Å². The van der Waals surface area contributed by atoms with Crippen molar-refractivity contribution in [3.8, 4) is 0 Å². The number of benzene rings is 2. The van der Waals surface area contributed by atoms with Gasteiger partial charge in [-0.3, -0.25) is 14.5 Å². The maximum absolute atomic E-state index is 13.3. The summed E-state index contributed by atoms with van der Waals surface area (Å²) in [4.78, 5) is 32.8. The Bertz CT molecular complexity index is 1150. The molecule has 2 aromatic carbocycles. The number of hydrogen-bond donors (Lipinski definition) is 2. The van der Waals surface area contributed by atoms with Gasteiger partial charge in [0.2, 0.25) is 5.91 Å². The zero-order chi connectivity index (χ0) is 20.8. The molecule has 1 unspecified atom stereocenters. The third-order valence-electron chi connectivity index (χ3n) is 5.70. The molecule has 5 rings (SSSR count). The summed E-state index contributed by atoms with van der Waals surface area (Å²) in [5, 5.41) is 4.51. The zero-order valence-corrected chi connectivity index (χ0v) is 17.4. The van der Waals surface area contributed by atoms with Crippen LogP contribution in [0.3, 0.4) is 0 Å². The van der Waals surface area contributed by atoms with E-state index in [1.54, 1.807) is 4.90 Å². The number of thiocarbonyl (C=S) groups is 1. The Labute approximate surface area is 179 Å². The Balaban J connectivity index is 1.36. The van der Waals surface area contributed by atoms with Crippen molar-refractivity contribution in [1.29, 1.82) is 0 Å². The topological polar surface area (TPSA) is 68.4 Å². The van der Waals surface area contributed by atoms with Gasteiger partial charge in [-0.25, -0.2) is 0 Å². The third kappa shape index (κ3) is 3.35. The van der Waals surface area contributed by atoms with Gasteiger partial charge >= 0.3 is 0 Å². The number of rotatable bonds is 5. The van der Waals surface area contributed by atoms with Crippen LogP contribution in [0.25, 0.3) is 10.9 Å². The molecule has 2 aliphatic rings. The molecule has 152 valence electrons. The number of fused-ring (bicyclic) bond motifs is 1. The minimum absolute atomic E-state index is 0.0700. The van der Waals surface area contributed by atoms with Crippen LogP contribution in [0.15, 0.2) is 54.7 Å². The Morgan fingerprint density at radius 1 is 1.17 bits per heavy atom. The van der Waals surface area contributed by atoms with Crippen LogP contribution in [-0.4, -0.2) is 38.9 Å². The van der Waals surface area contributed by atoms with E-state index in [0.29, 0.717) is 10.8 Å². The molecule has 0 radical (unpaired) electrons. The number of anilines is 2. The minimum Gasteiger partial charge on any atom is -0.361 e. The highest BCUT2D eigenvalue weighted by molar-refractivity contribution is 7.80. The Morgan fingerprint density at radius 2 is 1.93 bits per heavy atom. The minimum atomic E-state index is -0.569. The summed E-state index contributed by atoms with van der Waals surface area (Å²) >= 11 is 5.67. The van der Waals surface area contributed by atoms with E-state index in [9.17, 15) is 9.59 Å². The van der Waals surface area contributed by atoms with E-state index in [1.165, 1.54) is 0 Å². The number of carbonyl (C=O) groups is 2. The first-order valence-electron chi connectivity index (χ1n) is 10.1. The molecule has 2 heterocycles. The van der Waals surface area contributed by atoms with Crippen molar-refractivity contribution in [3.63, 3.8) is 0 Å². The van der Waals surface area contributed by atoms with Crippen LogP contribution in [-0.2, 0) is 9.59 Å². The molecule has 1 aliphatic carbocycles. The Morgan fingerprint density at radius 3 is 2.67 bits per heavy atom. The summed E-state index contributed by atoms with van der Waals surface area (Å²) in [7, 11) is 0. The molecule has 1 aromatic heterocycles. The van der Waals surface area contributed by atoms with Crippen molar-refractivity contribution in [2.75, 3.05) is 10.2 Å². The lowest BCUT2D eigenvalue weighted by Crippen LogP contribution is -2.39. The average Bonchev–Trinajstić information content (AvgIpc) is 3.39. The van der Waals surface area contributed by atoms with Crippen LogP contribution in [0.5, 0.6) is 0 Å². The first-order chi connectivity index (χ1) is 14.5. The second-order valence-corrected chi connectivity index (χ2v) is 8.34. The first kappa shape index (κ1) is 18.8. The fraction of sp³-hybridized carbons (Fsp3) is 0.261. The lowest BCUT2D eigenvalue weighted by atomic mass is 10.1. The van der Waals surface area contributed by atoms with Crippen molar-refractivity contribution in [3.05, 3.63) is 60.3 Å². The molecule has 2 amide bonds. The highest BCUT2D eigenvalue weighted by atomic mass is 32.1. The normalized spacial score (nSPS) is 19.0. The molecule has 2 N–H and O–H groups in total. The van der Waals surface area contributed by atoms with E-state index < -0.39 is 6.04 Å². The molecule has 0 bridgehead atoms. The summed E-state index contributed by atoms with van der Waals surface area (Å²) in [5.41, 5.74) is 3.53. The van der Waals surface area contributed by atoms with Gasteiger partial charge < -0.3 is 15.2 Å². The maximum Gasteiger partial charge on any atom is 0.256 e. The molecule has 1 saturated carbocycles. The van der Waals surface area contributed by atoms with Gasteiger partial charge in [-0.2, -0.15) is 0 Å². The average molecular weight is 419 g/mol. The van der Waals surface area contributed by atoms with Gasteiger partial charge in [0.15, 0.2) is 5.11 Å². The number of hydrogen-bond acceptors (Lipinski definition) is 3. The van der Waals surface area contributed by atoms with Crippen molar-refractivity contribution in [1.82, 2.24) is 9.88 Å². The number of nitrogens with one attached hydrogen (secondary N) is 2. The van der Waals surface area contributed by atoms with Crippen LogP contribution in [0, 0.1) is 6.92 Å². The molecule has 7 heteroatoms. The molecule has 6 nitrogen and oxygen atoms in total. The highest BCUT2D eigenvalue weighted by Crippen LogP contribution is 2.37. The van der Waals surface area contributed by atoms with Gasteiger partial charge in [0.1, 0.15) is 6.04 Å². The maximum atomic E-state index is 13.3. The van der Waals surface area contributed by atoms with E-state index in [1.807, 2.05) is 66.6 Å². The largest absolute Gasteiger partial charge is 0.361 e. The van der Waals surface area contributed by atoms with Crippen LogP contribution >= 0.6 is 12.2 Å². The monoisotopic (exact) mass is 418 g/mol. The second-order valence-electron chi connectivity index (χ2n) is 7.98. The molecule has 0 spiro atoms. The van der Waals surface area contributed by atoms with E-state index in [0.717, 1.165) is 35.0 Å².